The molecule has 0 atom stereocenters. The first-order valence-corrected chi connectivity index (χ1v) is 7.03. The first-order chi connectivity index (χ1) is 9.18. The lowest BCUT2D eigenvalue weighted by molar-refractivity contribution is -0.122. The summed E-state index contributed by atoms with van der Waals surface area (Å²) < 4.78 is 5.74. The number of rotatable bonds is 2. The number of hydrogen-bond donors (Lipinski definition) is 1. The van der Waals surface area contributed by atoms with E-state index in [1.165, 1.54) is 0 Å². The summed E-state index contributed by atoms with van der Waals surface area (Å²) in [6.45, 7) is 12.3. The molecule has 1 N–H and O–H groups in total. The van der Waals surface area contributed by atoms with Crippen LogP contribution in [0.2, 0.25) is 0 Å². The van der Waals surface area contributed by atoms with Gasteiger partial charge in [-0.1, -0.05) is 20.8 Å². The van der Waals surface area contributed by atoms with Gasteiger partial charge in [-0.2, -0.15) is 0 Å². The van der Waals surface area contributed by atoms with E-state index in [0.29, 0.717) is 31.3 Å². The highest BCUT2D eigenvalue weighted by atomic mass is 16.4. The van der Waals surface area contributed by atoms with E-state index in [1.54, 1.807) is 0 Å². The van der Waals surface area contributed by atoms with Gasteiger partial charge in [-0.25, -0.2) is 0 Å². The SMILES string of the molecule is CC(C)(C)c1nnc(CN2CCNC(=O)CC2(C)C)o1. The molecular formula is C14H24N4O2. The number of nitrogens with zero attached hydrogens (tertiary/aromatic N) is 3. The molecule has 1 aromatic heterocycles. The largest absolute Gasteiger partial charge is 0.423 e. The monoisotopic (exact) mass is 280 g/mol. The van der Waals surface area contributed by atoms with E-state index in [0.717, 1.165) is 6.54 Å². The van der Waals surface area contributed by atoms with Crippen LogP contribution in [0.5, 0.6) is 0 Å². The van der Waals surface area contributed by atoms with Crippen molar-refractivity contribution in [1.29, 1.82) is 0 Å². The van der Waals surface area contributed by atoms with Gasteiger partial charge in [-0.15, -0.1) is 10.2 Å². The molecule has 1 saturated heterocycles. The fourth-order valence-corrected chi connectivity index (χ4v) is 2.28. The number of carbonyl (C=O) groups is 1. The highest BCUT2D eigenvalue weighted by molar-refractivity contribution is 5.77. The van der Waals surface area contributed by atoms with Crippen LogP contribution in [-0.2, 0) is 16.8 Å². The molecule has 2 heterocycles. The second-order valence-electron chi connectivity index (χ2n) is 7.01. The maximum Gasteiger partial charge on any atom is 0.230 e. The first-order valence-electron chi connectivity index (χ1n) is 7.03. The smallest absolute Gasteiger partial charge is 0.230 e. The third-order valence-corrected chi connectivity index (χ3v) is 3.59. The number of carbonyl (C=O) groups excluding carboxylic acids is 1. The summed E-state index contributed by atoms with van der Waals surface area (Å²) in [5, 5.41) is 11.1. The van der Waals surface area contributed by atoms with Gasteiger partial charge in [0.05, 0.1) is 6.54 Å². The zero-order valence-electron chi connectivity index (χ0n) is 13.0. The Morgan fingerprint density at radius 1 is 1.35 bits per heavy atom. The maximum atomic E-state index is 11.6. The van der Waals surface area contributed by atoms with Gasteiger partial charge in [0.25, 0.3) is 0 Å². The molecule has 0 aliphatic carbocycles. The van der Waals surface area contributed by atoms with Crippen LogP contribution in [0.1, 0.15) is 52.8 Å². The lowest BCUT2D eigenvalue weighted by Crippen LogP contribution is -2.44. The van der Waals surface area contributed by atoms with Crippen LogP contribution in [0, 0.1) is 0 Å². The van der Waals surface area contributed by atoms with Gasteiger partial charge >= 0.3 is 0 Å². The Labute approximate surface area is 119 Å². The highest BCUT2D eigenvalue weighted by Gasteiger charge is 2.33. The molecule has 1 aliphatic heterocycles. The van der Waals surface area contributed by atoms with Crippen molar-refractivity contribution in [3.05, 3.63) is 11.8 Å². The highest BCUT2D eigenvalue weighted by Crippen LogP contribution is 2.25. The van der Waals surface area contributed by atoms with Crippen LogP contribution in [-0.4, -0.2) is 39.6 Å². The molecule has 1 aromatic rings. The lowest BCUT2D eigenvalue weighted by atomic mass is 9.97. The molecule has 1 amide bonds. The Morgan fingerprint density at radius 2 is 2.05 bits per heavy atom. The fourth-order valence-electron chi connectivity index (χ4n) is 2.28. The van der Waals surface area contributed by atoms with E-state index in [9.17, 15) is 4.79 Å². The minimum absolute atomic E-state index is 0.0957. The number of aromatic nitrogens is 2. The number of amides is 1. The van der Waals surface area contributed by atoms with E-state index >= 15 is 0 Å². The van der Waals surface area contributed by atoms with Crippen LogP contribution in [0.15, 0.2) is 4.42 Å². The number of nitrogens with one attached hydrogen (secondary N) is 1. The molecule has 2 rings (SSSR count). The van der Waals surface area contributed by atoms with Gasteiger partial charge < -0.3 is 9.73 Å². The Kier molecular flexibility index (Phi) is 3.86. The summed E-state index contributed by atoms with van der Waals surface area (Å²) in [7, 11) is 0. The molecule has 20 heavy (non-hydrogen) atoms. The number of hydrogen-bond acceptors (Lipinski definition) is 5. The van der Waals surface area contributed by atoms with Crippen molar-refractivity contribution in [3.63, 3.8) is 0 Å². The van der Waals surface area contributed by atoms with Crippen LogP contribution in [0.3, 0.4) is 0 Å². The zero-order valence-corrected chi connectivity index (χ0v) is 13.0. The van der Waals surface area contributed by atoms with Crippen LogP contribution >= 0.6 is 0 Å². The summed E-state index contributed by atoms with van der Waals surface area (Å²) in [5.41, 5.74) is -0.353. The Bertz CT molecular complexity index is 488. The van der Waals surface area contributed by atoms with Crippen molar-refractivity contribution < 1.29 is 9.21 Å². The van der Waals surface area contributed by atoms with Crippen molar-refractivity contribution in [2.75, 3.05) is 13.1 Å². The predicted octanol–water partition coefficient (Wildman–Crippen LogP) is 1.47. The molecule has 6 heteroatoms. The summed E-state index contributed by atoms with van der Waals surface area (Å²) in [5.74, 6) is 1.35. The average Bonchev–Trinajstić information content (AvgIpc) is 2.70. The summed E-state index contributed by atoms with van der Waals surface area (Å²) in [6, 6.07) is 0. The molecule has 1 fully saturated rings. The van der Waals surface area contributed by atoms with Crippen molar-refractivity contribution >= 4 is 5.91 Å². The fraction of sp³-hybridized carbons (Fsp3) is 0.786. The predicted molar refractivity (Wildman–Crippen MR) is 75.1 cm³/mol. The summed E-state index contributed by atoms with van der Waals surface area (Å²) >= 11 is 0. The van der Waals surface area contributed by atoms with E-state index in [4.69, 9.17) is 4.42 Å². The average molecular weight is 280 g/mol. The molecule has 6 nitrogen and oxygen atoms in total. The Morgan fingerprint density at radius 3 is 2.65 bits per heavy atom. The van der Waals surface area contributed by atoms with Gasteiger partial charge in [-0.3, -0.25) is 9.69 Å². The van der Waals surface area contributed by atoms with E-state index in [1.807, 2.05) is 20.8 Å². The van der Waals surface area contributed by atoms with Crippen molar-refractivity contribution in [1.82, 2.24) is 20.4 Å². The van der Waals surface area contributed by atoms with Crippen LogP contribution in [0.4, 0.5) is 0 Å². The van der Waals surface area contributed by atoms with Crippen molar-refractivity contribution in [3.8, 4) is 0 Å². The molecule has 1 aliphatic rings. The quantitative estimate of drug-likeness (QED) is 0.888. The summed E-state index contributed by atoms with van der Waals surface area (Å²) in [6.07, 6.45) is 0.479. The Hall–Kier alpha value is -1.43. The van der Waals surface area contributed by atoms with Gasteiger partial charge in [-0.05, 0) is 13.8 Å². The van der Waals surface area contributed by atoms with E-state index < -0.39 is 0 Å². The van der Waals surface area contributed by atoms with E-state index in [-0.39, 0.29) is 16.9 Å². The molecule has 0 bridgehead atoms. The van der Waals surface area contributed by atoms with Crippen molar-refractivity contribution in [2.45, 2.75) is 58.5 Å². The van der Waals surface area contributed by atoms with Crippen LogP contribution in [0.25, 0.3) is 0 Å². The molecule has 0 saturated carbocycles. The third-order valence-electron chi connectivity index (χ3n) is 3.59. The minimum atomic E-state index is -0.211. The molecule has 0 radical (unpaired) electrons. The van der Waals surface area contributed by atoms with Crippen LogP contribution < -0.4 is 5.32 Å². The van der Waals surface area contributed by atoms with Gasteiger partial charge in [0.2, 0.25) is 17.7 Å². The molecule has 0 aromatic carbocycles. The van der Waals surface area contributed by atoms with Gasteiger partial charge in [0, 0.05) is 30.5 Å². The molecular weight excluding hydrogens is 256 g/mol. The second-order valence-corrected chi connectivity index (χ2v) is 7.01. The van der Waals surface area contributed by atoms with Gasteiger partial charge in [0.15, 0.2) is 0 Å². The topological polar surface area (TPSA) is 71.3 Å². The van der Waals surface area contributed by atoms with E-state index in [2.05, 4.69) is 34.3 Å². The lowest BCUT2D eigenvalue weighted by Gasteiger charge is -2.34. The summed E-state index contributed by atoms with van der Waals surface area (Å²) in [4.78, 5) is 13.9. The first kappa shape index (κ1) is 15.0. The maximum absolute atomic E-state index is 11.6. The molecule has 0 unspecified atom stereocenters. The zero-order chi connectivity index (χ0) is 15.0. The minimum Gasteiger partial charge on any atom is -0.423 e. The normalized spacial score (nSPS) is 20.6. The third kappa shape index (κ3) is 3.36. The Balaban J connectivity index is 2.12. The molecule has 112 valence electrons. The molecule has 0 spiro atoms. The second kappa shape index (κ2) is 5.16. The van der Waals surface area contributed by atoms with Crippen molar-refractivity contribution in [2.24, 2.45) is 0 Å². The standard InChI is InChI=1S/C14H24N4O2/c1-13(2,3)12-17-16-11(20-12)9-18-7-6-15-10(19)8-14(18,4)5/h6-9H2,1-5H3,(H,15,19). The van der Waals surface area contributed by atoms with Gasteiger partial charge in [0.1, 0.15) is 0 Å².